The maximum Gasteiger partial charge on any atom is 0.407 e. The van der Waals surface area contributed by atoms with Gasteiger partial charge in [0, 0.05) is 5.92 Å². The lowest BCUT2D eigenvalue weighted by Gasteiger charge is -2.18. The van der Waals surface area contributed by atoms with Crippen LogP contribution in [0.5, 0.6) is 0 Å². The third-order valence-electron chi connectivity index (χ3n) is 5.50. The quantitative estimate of drug-likeness (QED) is 0.465. The molecule has 1 unspecified atom stereocenters. The van der Waals surface area contributed by atoms with E-state index in [1.54, 1.807) is 6.92 Å². The molecule has 2 amide bonds. The SMILES string of the molecule is Cc1nnsc1CNC(=O)C(CC(=O)O)NC(=O)OCC1c2ccccc2-c2ccccc21. The van der Waals surface area contributed by atoms with Crippen LogP contribution in [0.4, 0.5) is 4.79 Å². The number of fused-ring (bicyclic) bond motifs is 3. The number of carboxylic acids is 1. The Morgan fingerprint density at radius 3 is 2.30 bits per heavy atom. The Balaban J connectivity index is 1.39. The molecule has 0 saturated carbocycles. The molecule has 0 saturated heterocycles. The Bertz CT molecular complexity index is 1150. The van der Waals surface area contributed by atoms with E-state index in [2.05, 4.69) is 20.2 Å². The molecule has 0 bridgehead atoms. The molecule has 3 N–H and O–H groups in total. The monoisotopic (exact) mass is 466 g/mol. The lowest BCUT2D eigenvalue weighted by molar-refractivity contribution is -0.139. The summed E-state index contributed by atoms with van der Waals surface area (Å²) in [4.78, 5) is 37.0. The zero-order valence-electron chi connectivity index (χ0n) is 17.8. The van der Waals surface area contributed by atoms with Crippen LogP contribution in [0.2, 0.25) is 0 Å². The molecular weight excluding hydrogens is 444 g/mol. The summed E-state index contributed by atoms with van der Waals surface area (Å²) in [6.45, 7) is 1.96. The van der Waals surface area contributed by atoms with Crippen LogP contribution in [0.15, 0.2) is 48.5 Å². The van der Waals surface area contributed by atoms with Gasteiger partial charge in [0.1, 0.15) is 12.6 Å². The molecule has 33 heavy (non-hydrogen) atoms. The molecule has 1 aliphatic rings. The van der Waals surface area contributed by atoms with Crippen LogP contribution in [-0.4, -0.2) is 45.3 Å². The smallest absolute Gasteiger partial charge is 0.407 e. The van der Waals surface area contributed by atoms with Crippen molar-refractivity contribution >= 4 is 29.5 Å². The van der Waals surface area contributed by atoms with E-state index >= 15 is 0 Å². The Hall–Kier alpha value is -3.79. The van der Waals surface area contributed by atoms with E-state index in [0.29, 0.717) is 5.69 Å². The molecule has 0 fully saturated rings. The Morgan fingerprint density at radius 2 is 1.73 bits per heavy atom. The second kappa shape index (κ2) is 9.78. The lowest BCUT2D eigenvalue weighted by Crippen LogP contribution is -2.48. The van der Waals surface area contributed by atoms with Crippen LogP contribution in [-0.2, 0) is 20.9 Å². The minimum absolute atomic E-state index is 0.0625. The predicted molar refractivity (Wildman–Crippen MR) is 121 cm³/mol. The minimum Gasteiger partial charge on any atom is -0.481 e. The number of carbonyl (C=O) groups is 3. The Labute approximate surface area is 194 Å². The summed E-state index contributed by atoms with van der Waals surface area (Å²) in [7, 11) is 0. The molecule has 1 aliphatic carbocycles. The van der Waals surface area contributed by atoms with Gasteiger partial charge in [-0.05, 0) is 40.7 Å². The maximum absolute atomic E-state index is 12.5. The summed E-state index contributed by atoms with van der Waals surface area (Å²) in [6, 6.07) is 14.6. The number of alkyl carbamates (subject to hydrolysis) is 1. The Kier molecular flexibility index (Phi) is 6.64. The summed E-state index contributed by atoms with van der Waals surface area (Å²) in [5, 5.41) is 18.0. The van der Waals surface area contributed by atoms with E-state index in [-0.39, 0.29) is 19.1 Å². The molecule has 2 aromatic carbocycles. The van der Waals surface area contributed by atoms with E-state index < -0.39 is 30.4 Å². The van der Waals surface area contributed by atoms with Crippen molar-refractivity contribution in [3.8, 4) is 11.1 Å². The van der Waals surface area contributed by atoms with Gasteiger partial charge in [0.2, 0.25) is 5.91 Å². The van der Waals surface area contributed by atoms with E-state index in [0.717, 1.165) is 38.7 Å². The molecule has 10 heteroatoms. The van der Waals surface area contributed by atoms with Crippen molar-refractivity contribution in [2.75, 3.05) is 6.61 Å². The highest BCUT2D eigenvalue weighted by Crippen LogP contribution is 2.44. The number of hydrogen-bond acceptors (Lipinski definition) is 7. The maximum atomic E-state index is 12.5. The van der Waals surface area contributed by atoms with Crippen LogP contribution in [0.25, 0.3) is 11.1 Å². The van der Waals surface area contributed by atoms with E-state index in [1.807, 2.05) is 48.5 Å². The van der Waals surface area contributed by atoms with Gasteiger partial charge in [-0.25, -0.2) is 4.79 Å². The molecule has 170 valence electrons. The molecule has 4 rings (SSSR count). The van der Waals surface area contributed by atoms with Crippen molar-refractivity contribution in [2.24, 2.45) is 0 Å². The van der Waals surface area contributed by atoms with Crippen molar-refractivity contribution in [3.63, 3.8) is 0 Å². The molecule has 0 aliphatic heterocycles. The van der Waals surface area contributed by atoms with Gasteiger partial charge >= 0.3 is 12.1 Å². The average molecular weight is 467 g/mol. The van der Waals surface area contributed by atoms with Crippen LogP contribution < -0.4 is 10.6 Å². The van der Waals surface area contributed by atoms with Crippen molar-refractivity contribution in [1.29, 1.82) is 0 Å². The third kappa shape index (κ3) is 5.01. The fourth-order valence-corrected chi connectivity index (χ4v) is 4.44. The standard InChI is InChI=1S/C23H22N4O5S/c1-13-20(33-27-26-13)11-24-22(30)19(10-21(28)29)25-23(31)32-12-18-16-8-4-2-6-14(16)15-7-3-5-9-17(15)18/h2-9,18-19H,10-12H2,1H3,(H,24,30)(H,25,31)(H,28,29). The second-order valence-corrected chi connectivity index (χ2v) is 8.46. The first kappa shape index (κ1) is 22.4. The van der Waals surface area contributed by atoms with Gasteiger partial charge in [0.25, 0.3) is 0 Å². The van der Waals surface area contributed by atoms with Gasteiger partial charge in [-0.3, -0.25) is 9.59 Å². The average Bonchev–Trinajstić information content (AvgIpc) is 3.36. The van der Waals surface area contributed by atoms with E-state index in [4.69, 9.17) is 4.74 Å². The number of nitrogens with zero attached hydrogens (tertiary/aromatic N) is 2. The summed E-state index contributed by atoms with van der Waals surface area (Å²) in [5.41, 5.74) is 4.98. The van der Waals surface area contributed by atoms with Gasteiger partial charge in [-0.1, -0.05) is 53.0 Å². The number of aryl methyl sites for hydroxylation is 1. The van der Waals surface area contributed by atoms with E-state index in [9.17, 15) is 19.5 Å². The van der Waals surface area contributed by atoms with E-state index in [1.165, 1.54) is 0 Å². The van der Waals surface area contributed by atoms with Crippen LogP contribution in [0.1, 0.15) is 34.0 Å². The highest BCUT2D eigenvalue weighted by atomic mass is 32.1. The molecule has 1 atom stereocenters. The summed E-state index contributed by atoms with van der Waals surface area (Å²) in [5.74, 6) is -1.99. The fraction of sp³-hybridized carbons (Fsp3) is 0.261. The number of benzene rings is 2. The summed E-state index contributed by atoms with van der Waals surface area (Å²) in [6.07, 6.45) is -1.43. The molecule has 0 radical (unpaired) electrons. The molecule has 1 aromatic heterocycles. The van der Waals surface area contributed by atoms with Crippen molar-refractivity contribution in [1.82, 2.24) is 20.2 Å². The number of amides is 2. The van der Waals surface area contributed by atoms with Crippen molar-refractivity contribution in [3.05, 3.63) is 70.2 Å². The second-order valence-electron chi connectivity index (χ2n) is 7.62. The third-order valence-corrected chi connectivity index (χ3v) is 6.32. The summed E-state index contributed by atoms with van der Waals surface area (Å²) < 4.78 is 9.22. The predicted octanol–water partition coefficient (Wildman–Crippen LogP) is 2.84. The largest absolute Gasteiger partial charge is 0.481 e. The van der Waals surface area contributed by atoms with Crippen LogP contribution in [0, 0.1) is 6.92 Å². The zero-order valence-corrected chi connectivity index (χ0v) is 18.6. The number of nitrogens with one attached hydrogen (secondary N) is 2. The van der Waals surface area contributed by atoms with Gasteiger partial charge in [-0.15, -0.1) is 5.10 Å². The van der Waals surface area contributed by atoms with Crippen LogP contribution in [0.3, 0.4) is 0 Å². The fourth-order valence-electron chi connectivity index (χ4n) is 3.87. The minimum atomic E-state index is -1.28. The molecule has 0 spiro atoms. The zero-order chi connectivity index (χ0) is 23.4. The first-order valence-electron chi connectivity index (χ1n) is 10.3. The van der Waals surface area contributed by atoms with Gasteiger partial charge in [0.05, 0.1) is 23.5 Å². The molecule has 1 heterocycles. The number of carboxylic acid groups (broad SMARTS) is 1. The number of aliphatic carboxylic acids is 1. The lowest BCUT2D eigenvalue weighted by atomic mass is 9.98. The normalized spacial score (nSPS) is 13.0. The van der Waals surface area contributed by atoms with Gasteiger partial charge in [-0.2, -0.15) is 0 Å². The number of carbonyl (C=O) groups excluding carboxylic acids is 2. The topological polar surface area (TPSA) is 131 Å². The van der Waals surface area contributed by atoms with Crippen LogP contribution >= 0.6 is 11.5 Å². The number of rotatable bonds is 8. The molecule has 3 aromatic rings. The number of aromatic nitrogens is 2. The Morgan fingerprint density at radius 1 is 1.09 bits per heavy atom. The summed E-state index contributed by atoms with van der Waals surface area (Å²) >= 11 is 1.14. The first-order chi connectivity index (χ1) is 15.9. The first-order valence-corrected chi connectivity index (χ1v) is 11.1. The highest BCUT2D eigenvalue weighted by Gasteiger charge is 2.30. The van der Waals surface area contributed by atoms with Crippen molar-refractivity contribution < 1.29 is 24.2 Å². The van der Waals surface area contributed by atoms with Gasteiger partial charge in [0.15, 0.2) is 0 Å². The molecular formula is C23H22N4O5S. The van der Waals surface area contributed by atoms with Crippen molar-refractivity contribution in [2.45, 2.75) is 31.8 Å². The highest BCUT2D eigenvalue weighted by molar-refractivity contribution is 7.05. The molecule has 9 nitrogen and oxygen atoms in total. The number of ether oxygens (including phenoxy) is 1. The van der Waals surface area contributed by atoms with Gasteiger partial charge < -0.3 is 20.5 Å². The number of hydrogen-bond donors (Lipinski definition) is 3.